The lowest BCUT2D eigenvalue weighted by Crippen LogP contribution is -2.31. The third-order valence-corrected chi connectivity index (χ3v) is 6.20. The molecule has 1 atom stereocenters. The molecule has 11 nitrogen and oxygen atoms in total. The summed E-state index contributed by atoms with van der Waals surface area (Å²) < 4.78 is 32.1. The predicted molar refractivity (Wildman–Crippen MR) is 125 cm³/mol. The van der Waals surface area contributed by atoms with Crippen LogP contribution in [0, 0.1) is 28.6 Å². The monoisotopic (exact) mass is 495 g/mol. The second kappa shape index (κ2) is 10.8. The molecule has 2 aromatic carbocycles. The Morgan fingerprint density at radius 1 is 1.09 bits per heavy atom. The van der Waals surface area contributed by atoms with Crippen molar-refractivity contribution in [3.05, 3.63) is 54.1 Å². The summed E-state index contributed by atoms with van der Waals surface area (Å²) in [7, 11) is -4.53. The standard InChI is InChI=1S/C23H21N5O6S/c24-10-2-12-27(13-3-11-25)17-8-6-16(7-9-17)14-20-21(23(30)31)26-28(22(20)29)18-4-1-5-19(15-18)35(32,33)34/h1,4-9,15,20H,2-3,12-14H2,(H,30,31)(H,32,33,34)/t20-/m0/s1. The van der Waals surface area contributed by atoms with Gasteiger partial charge in [0.15, 0.2) is 5.71 Å². The largest absolute Gasteiger partial charge is 0.477 e. The van der Waals surface area contributed by atoms with Crippen LogP contribution in [0.1, 0.15) is 18.4 Å². The van der Waals surface area contributed by atoms with Gasteiger partial charge in [-0.2, -0.15) is 29.1 Å². The molecule has 0 fully saturated rings. The van der Waals surface area contributed by atoms with E-state index < -0.39 is 32.8 Å². The number of hydrogen-bond donors (Lipinski definition) is 2. The Labute approximate surface area is 201 Å². The lowest BCUT2D eigenvalue weighted by atomic mass is 9.94. The number of carboxylic acid groups (broad SMARTS) is 1. The van der Waals surface area contributed by atoms with E-state index in [1.807, 2.05) is 4.90 Å². The van der Waals surface area contributed by atoms with Crippen LogP contribution >= 0.6 is 0 Å². The molecule has 1 heterocycles. The van der Waals surface area contributed by atoms with Crippen LogP contribution < -0.4 is 9.91 Å². The predicted octanol–water partition coefficient (Wildman–Crippen LogP) is 2.21. The van der Waals surface area contributed by atoms with Gasteiger partial charge in [0.1, 0.15) is 0 Å². The number of carbonyl (C=O) groups excluding carboxylic acids is 1. The zero-order chi connectivity index (χ0) is 25.6. The van der Waals surface area contributed by atoms with Crippen LogP contribution in [0.2, 0.25) is 0 Å². The average molecular weight is 496 g/mol. The van der Waals surface area contributed by atoms with E-state index in [4.69, 9.17) is 10.5 Å². The highest BCUT2D eigenvalue weighted by molar-refractivity contribution is 7.85. The number of anilines is 2. The molecule has 0 aliphatic carbocycles. The molecule has 1 aliphatic rings. The van der Waals surface area contributed by atoms with E-state index in [9.17, 15) is 27.7 Å². The fourth-order valence-electron chi connectivity index (χ4n) is 3.65. The highest BCUT2D eigenvalue weighted by Gasteiger charge is 2.40. The molecule has 1 amide bonds. The highest BCUT2D eigenvalue weighted by atomic mass is 32.2. The fraction of sp³-hybridized carbons (Fsp3) is 0.261. The summed E-state index contributed by atoms with van der Waals surface area (Å²) in [5.41, 5.74) is 1.07. The Bertz CT molecular complexity index is 1320. The SMILES string of the molecule is N#CCCN(CCC#N)c1ccc(C[C@@H]2C(=O)N(c3cccc(S(=O)(=O)O)c3)N=C2C(=O)O)cc1. The third kappa shape index (κ3) is 6.00. The van der Waals surface area contributed by atoms with E-state index in [-0.39, 0.29) is 30.7 Å². The molecule has 0 radical (unpaired) electrons. The molecule has 0 spiro atoms. The van der Waals surface area contributed by atoms with E-state index in [2.05, 4.69) is 17.2 Å². The highest BCUT2D eigenvalue weighted by Crippen LogP contribution is 2.29. The zero-order valence-electron chi connectivity index (χ0n) is 18.4. The van der Waals surface area contributed by atoms with Gasteiger partial charge in [0.25, 0.3) is 16.0 Å². The first-order chi connectivity index (χ1) is 16.7. The molecule has 180 valence electrons. The van der Waals surface area contributed by atoms with Gasteiger partial charge >= 0.3 is 5.97 Å². The fourth-order valence-corrected chi connectivity index (χ4v) is 4.17. The number of hydrazone groups is 1. The Morgan fingerprint density at radius 2 is 1.71 bits per heavy atom. The van der Waals surface area contributed by atoms with Crippen LogP contribution in [0.3, 0.4) is 0 Å². The van der Waals surface area contributed by atoms with Gasteiger partial charge in [0.2, 0.25) is 0 Å². The van der Waals surface area contributed by atoms with Crippen molar-refractivity contribution in [1.82, 2.24) is 0 Å². The van der Waals surface area contributed by atoms with E-state index in [0.717, 1.165) is 22.8 Å². The van der Waals surface area contributed by atoms with Crippen molar-refractivity contribution in [2.75, 3.05) is 23.0 Å². The maximum Gasteiger partial charge on any atom is 0.352 e. The van der Waals surface area contributed by atoms with Gasteiger partial charge in [-0.3, -0.25) is 9.35 Å². The molecular formula is C23H21N5O6S. The van der Waals surface area contributed by atoms with E-state index >= 15 is 0 Å². The summed E-state index contributed by atoms with van der Waals surface area (Å²) in [6.07, 6.45) is 0.614. The normalized spacial score (nSPS) is 15.3. The summed E-state index contributed by atoms with van der Waals surface area (Å²) in [5, 5.41) is 32.1. The molecule has 2 aromatic rings. The van der Waals surface area contributed by atoms with Crippen LogP contribution in [0.25, 0.3) is 0 Å². The van der Waals surface area contributed by atoms with Gasteiger partial charge in [0, 0.05) is 18.8 Å². The van der Waals surface area contributed by atoms with Crippen LogP contribution in [-0.4, -0.2) is 48.8 Å². The van der Waals surface area contributed by atoms with E-state index in [1.165, 1.54) is 12.1 Å². The second-order valence-electron chi connectivity index (χ2n) is 7.64. The summed E-state index contributed by atoms with van der Waals surface area (Å²) >= 11 is 0. The maximum absolute atomic E-state index is 13.1. The molecule has 0 unspecified atom stereocenters. The Hall–Kier alpha value is -4.26. The van der Waals surface area contributed by atoms with Crippen LogP contribution in [0.5, 0.6) is 0 Å². The molecule has 12 heteroatoms. The Morgan fingerprint density at radius 3 is 2.26 bits per heavy atom. The molecule has 0 bridgehead atoms. The first-order valence-corrected chi connectivity index (χ1v) is 11.9. The quantitative estimate of drug-likeness (QED) is 0.468. The van der Waals surface area contributed by atoms with Gasteiger partial charge in [-0.05, 0) is 42.3 Å². The molecule has 1 aliphatic heterocycles. The molecule has 0 saturated carbocycles. The van der Waals surface area contributed by atoms with Gasteiger partial charge < -0.3 is 10.0 Å². The molecule has 0 aromatic heterocycles. The molecule has 2 N–H and O–H groups in total. The van der Waals surface area contributed by atoms with Gasteiger partial charge in [-0.25, -0.2) is 4.79 Å². The number of benzene rings is 2. The van der Waals surface area contributed by atoms with Crippen LogP contribution in [0.4, 0.5) is 11.4 Å². The smallest absolute Gasteiger partial charge is 0.352 e. The number of aliphatic carboxylic acids is 1. The topological polar surface area (TPSA) is 175 Å². The van der Waals surface area contributed by atoms with Gasteiger partial charge in [0.05, 0.1) is 41.5 Å². The van der Waals surface area contributed by atoms with Gasteiger partial charge in [-0.15, -0.1) is 0 Å². The summed E-state index contributed by atoms with van der Waals surface area (Å²) in [4.78, 5) is 26.3. The third-order valence-electron chi connectivity index (χ3n) is 5.35. The van der Waals surface area contributed by atoms with Crippen molar-refractivity contribution < 1.29 is 27.7 Å². The van der Waals surface area contributed by atoms with Crippen molar-refractivity contribution in [2.45, 2.75) is 24.2 Å². The lowest BCUT2D eigenvalue weighted by molar-refractivity contribution is -0.130. The number of nitriles is 2. The Balaban J connectivity index is 1.83. The molecule has 35 heavy (non-hydrogen) atoms. The van der Waals surface area contributed by atoms with E-state index in [0.29, 0.717) is 18.7 Å². The number of rotatable bonds is 10. The van der Waals surface area contributed by atoms with Crippen molar-refractivity contribution in [3.8, 4) is 12.1 Å². The molecular weight excluding hydrogens is 474 g/mol. The zero-order valence-corrected chi connectivity index (χ0v) is 19.2. The number of amides is 1. The summed E-state index contributed by atoms with van der Waals surface area (Å²) in [6, 6.07) is 16.0. The van der Waals surface area contributed by atoms with Crippen LogP contribution in [-0.2, 0) is 26.1 Å². The summed E-state index contributed by atoms with van der Waals surface area (Å²) in [5.74, 6) is -3.14. The van der Waals surface area contributed by atoms with Crippen LogP contribution in [0.15, 0.2) is 58.5 Å². The minimum Gasteiger partial charge on any atom is -0.477 e. The second-order valence-corrected chi connectivity index (χ2v) is 9.06. The maximum atomic E-state index is 13.1. The first kappa shape index (κ1) is 25.4. The van der Waals surface area contributed by atoms with E-state index in [1.54, 1.807) is 24.3 Å². The van der Waals surface area contributed by atoms with Gasteiger partial charge in [-0.1, -0.05) is 18.2 Å². The average Bonchev–Trinajstić information content (AvgIpc) is 3.15. The van der Waals surface area contributed by atoms with Crippen molar-refractivity contribution in [2.24, 2.45) is 11.0 Å². The number of hydrogen-bond acceptors (Lipinski definition) is 8. The van der Waals surface area contributed by atoms with Crippen molar-refractivity contribution in [3.63, 3.8) is 0 Å². The Kier molecular flexibility index (Phi) is 7.81. The lowest BCUT2D eigenvalue weighted by Gasteiger charge is -2.23. The molecule has 0 saturated heterocycles. The minimum absolute atomic E-state index is 0.00681. The molecule has 3 rings (SSSR count). The minimum atomic E-state index is -4.53. The van der Waals surface area contributed by atoms with Crippen molar-refractivity contribution >= 4 is 39.1 Å². The number of carboxylic acids is 1. The summed E-state index contributed by atoms with van der Waals surface area (Å²) in [6.45, 7) is 0.901. The van der Waals surface area contributed by atoms with Crippen molar-refractivity contribution in [1.29, 1.82) is 10.5 Å². The number of nitrogens with zero attached hydrogens (tertiary/aromatic N) is 5. The first-order valence-electron chi connectivity index (χ1n) is 10.5. The number of carbonyl (C=O) groups is 2.